The number of carbonyl (C=O) groups excluding carboxylic acids is 1. The highest BCUT2D eigenvalue weighted by Crippen LogP contribution is 2.37. The van der Waals surface area contributed by atoms with Gasteiger partial charge >= 0.3 is 5.97 Å². The number of benzene rings is 2. The van der Waals surface area contributed by atoms with E-state index in [1.165, 1.54) is 16.7 Å². The first-order chi connectivity index (χ1) is 13.0. The molecule has 0 aromatic heterocycles. The summed E-state index contributed by atoms with van der Waals surface area (Å²) >= 11 is 6.59. The Morgan fingerprint density at radius 2 is 1.96 bits per heavy atom. The minimum Gasteiger partial charge on any atom is -0.497 e. The fourth-order valence-electron chi connectivity index (χ4n) is 2.40. The predicted octanol–water partition coefficient (Wildman–Crippen LogP) is 3.56. The molecule has 2 aromatic rings. The normalized spacial score (nSPS) is 15.3. The van der Waals surface area contributed by atoms with Gasteiger partial charge in [-0.1, -0.05) is 42.2 Å². The monoisotopic (exact) mass is 401 g/mol. The minimum atomic E-state index is -1.04. The van der Waals surface area contributed by atoms with Gasteiger partial charge in [-0.05, 0) is 35.9 Å². The third kappa shape index (κ3) is 4.47. The standard InChI is InChI=1S/C19H15NO5S2/c1-24-15-4-2-3-13(10-15)20-18(23)16(27-19(20)26)9-12-5-7-14(8-6-12)25-11-17(21)22/h2-10H,11H2,1H3,(H,21,22)/b16-9+. The number of methoxy groups -OCH3 is 1. The molecule has 0 bridgehead atoms. The van der Waals surface area contributed by atoms with E-state index in [2.05, 4.69) is 0 Å². The van der Waals surface area contributed by atoms with Gasteiger partial charge in [0, 0.05) is 6.07 Å². The van der Waals surface area contributed by atoms with Crippen LogP contribution in [-0.2, 0) is 9.59 Å². The molecule has 1 N–H and O–H groups in total. The van der Waals surface area contributed by atoms with Crippen LogP contribution >= 0.6 is 24.0 Å². The maximum absolute atomic E-state index is 12.8. The topological polar surface area (TPSA) is 76.1 Å². The lowest BCUT2D eigenvalue weighted by Gasteiger charge is -2.15. The van der Waals surface area contributed by atoms with Gasteiger partial charge in [0.2, 0.25) is 0 Å². The number of nitrogens with zero attached hydrogens (tertiary/aromatic N) is 1. The van der Waals surface area contributed by atoms with Crippen LogP contribution in [0.25, 0.3) is 6.08 Å². The number of thiocarbonyl (C=S) groups is 1. The van der Waals surface area contributed by atoms with Crippen molar-refractivity contribution in [3.05, 3.63) is 59.0 Å². The van der Waals surface area contributed by atoms with Crippen LogP contribution in [0.2, 0.25) is 0 Å². The molecule has 1 fully saturated rings. The van der Waals surface area contributed by atoms with Gasteiger partial charge in [-0.3, -0.25) is 9.69 Å². The molecule has 0 spiro atoms. The largest absolute Gasteiger partial charge is 0.497 e. The predicted molar refractivity (Wildman–Crippen MR) is 108 cm³/mol. The van der Waals surface area contributed by atoms with Gasteiger partial charge in [0.25, 0.3) is 5.91 Å². The summed E-state index contributed by atoms with van der Waals surface area (Å²) in [5.74, 6) is -0.161. The van der Waals surface area contributed by atoms with Crippen molar-refractivity contribution in [2.45, 2.75) is 0 Å². The van der Waals surface area contributed by atoms with Crippen molar-refractivity contribution in [2.75, 3.05) is 18.6 Å². The Bertz CT molecular complexity index is 924. The van der Waals surface area contributed by atoms with Crippen LogP contribution in [0.3, 0.4) is 0 Å². The van der Waals surface area contributed by atoms with E-state index in [1.54, 1.807) is 61.7 Å². The van der Waals surface area contributed by atoms with Gasteiger partial charge in [-0.2, -0.15) is 0 Å². The first-order valence-corrected chi connectivity index (χ1v) is 9.07. The summed E-state index contributed by atoms with van der Waals surface area (Å²) in [4.78, 5) is 25.3. The van der Waals surface area contributed by atoms with E-state index in [0.717, 1.165) is 5.56 Å². The molecule has 0 radical (unpaired) electrons. The zero-order chi connectivity index (χ0) is 19.4. The number of hydrogen-bond acceptors (Lipinski definition) is 6. The summed E-state index contributed by atoms with van der Waals surface area (Å²) in [5, 5.41) is 8.63. The summed E-state index contributed by atoms with van der Waals surface area (Å²) in [6, 6.07) is 13.9. The van der Waals surface area contributed by atoms with E-state index >= 15 is 0 Å². The zero-order valence-corrected chi connectivity index (χ0v) is 15.9. The maximum atomic E-state index is 12.8. The second-order valence-electron chi connectivity index (χ2n) is 5.47. The molecule has 0 atom stereocenters. The molecule has 1 aliphatic heterocycles. The number of amides is 1. The van der Waals surface area contributed by atoms with Crippen LogP contribution in [0.5, 0.6) is 11.5 Å². The number of carboxylic acid groups (broad SMARTS) is 1. The van der Waals surface area contributed by atoms with Crippen LogP contribution in [0.15, 0.2) is 53.4 Å². The van der Waals surface area contributed by atoms with Gasteiger partial charge in [0.15, 0.2) is 10.9 Å². The Hall–Kier alpha value is -2.84. The fraction of sp³-hybridized carbons (Fsp3) is 0.105. The van der Waals surface area contributed by atoms with E-state index in [1.807, 2.05) is 0 Å². The Balaban J connectivity index is 1.78. The fourth-order valence-corrected chi connectivity index (χ4v) is 3.70. The first kappa shape index (κ1) is 18.9. The van der Waals surface area contributed by atoms with Crippen LogP contribution in [0.1, 0.15) is 5.56 Å². The highest BCUT2D eigenvalue weighted by molar-refractivity contribution is 8.27. The van der Waals surface area contributed by atoms with Gasteiger partial charge in [0.1, 0.15) is 11.5 Å². The minimum absolute atomic E-state index is 0.204. The molecule has 8 heteroatoms. The quantitative estimate of drug-likeness (QED) is 0.586. The van der Waals surface area contributed by atoms with Crippen molar-refractivity contribution in [2.24, 2.45) is 0 Å². The zero-order valence-electron chi connectivity index (χ0n) is 14.2. The van der Waals surface area contributed by atoms with Gasteiger partial charge < -0.3 is 14.6 Å². The summed E-state index contributed by atoms with van der Waals surface area (Å²) < 4.78 is 10.7. The SMILES string of the molecule is COc1cccc(N2C(=O)/C(=C\c3ccc(OCC(=O)O)cc3)SC2=S)c1. The number of carbonyl (C=O) groups is 2. The van der Waals surface area contributed by atoms with Gasteiger partial charge in [-0.15, -0.1) is 0 Å². The molecular weight excluding hydrogens is 386 g/mol. The molecule has 0 saturated carbocycles. The number of ether oxygens (including phenoxy) is 2. The van der Waals surface area contributed by atoms with Gasteiger partial charge in [-0.25, -0.2) is 4.79 Å². The Morgan fingerprint density at radius 3 is 2.63 bits per heavy atom. The number of anilines is 1. The van der Waals surface area contributed by atoms with Crippen molar-refractivity contribution in [3.8, 4) is 11.5 Å². The Kier molecular flexibility index (Phi) is 5.78. The van der Waals surface area contributed by atoms with E-state index in [0.29, 0.717) is 26.4 Å². The van der Waals surface area contributed by atoms with Gasteiger partial charge in [0.05, 0.1) is 17.7 Å². The molecule has 27 heavy (non-hydrogen) atoms. The number of rotatable bonds is 6. The molecule has 3 rings (SSSR count). The molecule has 1 aliphatic rings. The Morgan fingerprint density at radius 1 is 1.22 bits per heavy atom. The van der Waals surface area contributed by atoms with Crippen molar-refractivity contribution in [1.82, 2.24) is 0 Å². The molecule has 6 nitrogen and oxygen atoms in total. The van der Waals surface area contributed by atoms with E-state index in [4.69, 9.17) is 26.8 Å². The molecule has 1 heterocycles. The highest BCUT2D eigenvalue weighted by atomic mass is 32.2. The Labute approximate surface area is 165 Å². The van der Waals surface area contributed by atoms with Crippen molar-refractivity contribution >= 4 is 51.9 Å². The number of aliphatic carboxylic acids is 1. The molecule has 0 aliphatic carbocycles. The third-order valence-corrected chi connectivity index (χ3v) is 4.95. The molecule has 0 unspecified atom stereocenters. The van der Waals surface area contributed by atoms with Crippen molar-refractivity contribution < 1.29 is 24.2 Å². The summed E-state index contributed by atoms with van der Waals surface area (Å²) in [5.41, 5.74) is 1.43. The van der Waals surface area contributed by atoms with Crippen LogP contribution in [0.4, 0.5) is 5.69 Å². The second-order valence-corrected chi connectivity index (χ2v) is 7.15. The smallest absolute Gasteiger partial charge is 0.341 e. The van der Waals surface area contributed by atoms with E-state index in [-0.39, 0.29) is 5.91 Å². The lowest BCUT2D eigenvalue weighted by atomic mass is 10.2. The van der Waals surface area contributed by atoms with Crippen molar-refractivity contribution in [1.29, 1.82) is 0 Å². The van der Waals surface area contributed by atoms with Crippen LogP contribution in [-0.4, -0.2) is 35.0 Å². The summed E-state index contributed by atoms with van der Waals surface area (Å²) in [6.45, 7) is -0.404. The van der Waals surface area contributed by atoms with Crippen molar-refractivity contribution in [3.63, 3.8) is 0 Å². The van der Waals surface area contributed by atoms with E-state index < -0.39 is 12.6 Å². The highest BCUT2D eigenvalue weighted by Gasteiger charge is 2.33. The molecule has 1 amide bonds. The summed E-state index contributed by atoms with van der Waals surface area (Å²) in [7, 11) is 1.56. The number of thioether (sulfide) groups is 1. The van der Waals surface area contributed by atoms with Crippen LogP contribution in [0, 0.1) is 0 Å². The number of hydrogen-bond donors (Lipinski definition) is 1. The average molecular weight is 401 g/mol. The maximum Gasteiger partial charge on any atom is 0.341 e. The average Bonchev–Trinajstić information content (AvgIpc) is 2.94. The molecule has 1 saturated heterocycles. The summed E-state index contributed by atoms with van der Waals surface area (Å²) in [6.07, 6.45) is 1.74. The van der Waals surface area contributed by atoms with Crippen LogP contribution < -0.4 is 14.4 Å². The molecule has 2 aromatic carbocycles. The number of carboxylic acids is 1. The molecular formula is C19H15NO5S2. The third-order valence-electron chi connectivity index (χ3n) is 3.65. The molecule has 138 valence electrons. The van der Waals surface area contributed by atoms with E-state index in [9.17, 15) is 9.59 Å². The first-order valence-electron chi connectivity index (χ1n) is 7.84. The lowest BCUT2D eigenvalue weighted by Crippen LogP contribution is -2.27. The second kappa shape index (κ2) is 8.24. The lowest BCUT2D eigenvalue weighted by molar-refractivity contribution is -0.139.